The van der Waals surface area contributed by atoms with Gasteiger partial charge in [0.15, 0.2) is 0 Å². The van der Waals surface area contributed by atoms with Crippen LogP contribution < -0.4 is 5.32 Å². The van der Waals surface area contributed by atoms with Gasteiger partial charge in [-0.2, -0.15) is 0 Å². The number of nitrogens with zero attached hydrogens (tertiary/aromatic N) is 2. The molecule has 0 saturated heterocycles. The molecule has 7 heteroatoms. The van der Waals surface area contributed by atoms with Crippen LogP contribution in [0.4, 0.5) is 5.13 Å². The molecule has 6 nitrogen and oxygen atoms in total. The van der Waals surface area contributed by atoms with Crippen molar-refractivity contribution in [1.29, 1.82) is 0 Å². The normalized spacial score (nSPS) is 28.3. The number of carbonyl (C=O) groups excluding carboxylic acids is 1. The Hall–Kier alpha value is -1.50. The number of rotatable bonds is 3. The van der Waals surface area contributed by atoms with Crippen molar-refractivity contribution in [3.8, 4) is 0 Å². The van der Waals surface area contributed by atoms with Crippen LogP contribution >= 0.6 is 11.3 Å². The highest BCUT2D eigenvalue weighted by Crippen LogP contribution is 2.56. The van der Waals surface area contributed by atoms with Crippen LogP contribution in [0.2, 0.25) is 0 Å². The number of anilines is 1. The number of carboxylic acid groups (broad SMARTS) is 1. The Morgan fingerprint density at radius 2 is 2.00 bits per heavy atom. The Balaban J connectivity index is 2.18. The molecule has 1 aliphatic carbocycles. The standard InChI is InChI=1S/C13H19N3O3S/c1-7-15-16-11(20-7)14-9(17)8-5-6-13(4,10(18)19)12(8,2)3/h8H,5-6H2,1-4H3,(H,18,19)(H,14,16,17)/t8-,13+/m0/s1. The lowest BCUT2D eigenvalue weighted by molar-refractivity contribution is -0.154. The van der Waals surface area contributed by atoms with Crippen LogP contribution in [0.5, 0.6) is 0 Å². The van der Waals surface area contributed by atoms with Gasteiger partial charge >= 0.3 is 5.97 Å². The van der Waals surface area contributed by atoms with E-state index in [4.69, 9.17) is 0 Å². The monoisotopic (exact) mass is 297 g/mol. The summed E-state index contributed by atoms with van der Waals surface area (Å²) < 4.78 is 0. The second-order valence-electron chi connectivity index (χ2n) is 6.07. The van der Waals surface area contributed by atoms with Crippen molar-refractivity contribution in [2.45, 2.75) is 40.5 Å². The summed E-state index contributed by atoms with van der Waals surface area (Å²) in [5.74, 6) is -1.35. The van der Waals surface area contributed by atoms with Gasteiger partial charge < -0.3 is 10.4 Å². The molecule has 0 radical (unpaired) electrons. The molecular formula is C13H19N3O3S. The van der Waals surface area contributed by atoms with Crippen LogP contribution in [0.1, 0.15) is 38.6 Å². The fourth-order valence-corrected chi connectivity index (χ4v) is 3.48. The summed E-state index contributed by atoms with van der Waals surface area (Å²) in [5.41, 5.74) is -1.49. The maximum Gasteiger partial charge on any atom is 0.309 e. The van der Waals surface area contributed by atoms with Crippen molar-refractivity contribution in [2.24, 2.45) is 16.7 Å². The van der Waals surface area contributed by atoms with Crippen molar-refractivity contribution in [3.63, 3.8) is 0 Å². The molecule has 0 unspecified atom stereocenters. The smallest absolute Gasteiger partial charge is 0.309 e. The molecule has 0 aliphatic heterocycles. The largest absolute Gasteiger partial charge is 0.481 e. The predicted molar refractivity (Wildman–Crippen MR) is 75.5 cm³/mol. The van der Waals surface area contributed by atoms with E-state index in [1.807, 2.05) is 20.8 Å². The second-order valence-corrected chi connectivity index (χ2v) is 7.25. The third-order valence-corrected chi connectivity index (χ3v) is 5.53. The summed E-state index contributed by atoms with van der Waals surface area (Å²) in [5, 5.41) is 21.2. The van der Waals surface area contributed by atoms with Crippen LogP contribution in [-0.4, -0.2) is 27.2 Å². The Labute approximate surface area is 121 Å². The predicted octanol–water partition coefficient (Wildman–Crippen LogP) is 2.31. The van der Waals surface area contributed by atoms with Crippen LogP contribution in [0.15, 0.2) is 0 Å². The molecule has 1 aromatic rings. The Bertz CT molecular complexity index is 555. The number of aryl methyl sites for hydroxylation is 1. The number of carbonyl (C=O) groups is 2. The van der Waals surface area contributed by atoms with Gasteiger partial charge in [0.05, 0.1) is 5.41 Å². The lowest BCUT2D eigenvalue weighted by Gasteiger charge is -2.37. The SMILES string of the molecule is Cc1nnc(NC(=O)[C@@H]2CC[C@](C)(C(=O)O)C2(C)C)s1. The average Bonchev–Trinajstić information content (AvgIpc) is 2.83. The van der Waals surface area contributed by atoms with Crippen LogP contribution in [0.3, 0.4) is 0 Å². The zero-order valence-electron chi connectivity index (χ0n) is 12.1. The molecule has 0 aromatic carbocycles. The number of hydrogen-bond acceptors (Lipinski definition) is 5. The van der Waals surface area contributed by atoms with Crippen molar-refractivity contribution >= 4 is 28.3 Å². The van der Waals surface area contributed by atoms with E-state index in [-0.39, 0.29) is 11.8 Å². The highest BCUT2D eigenvalue weighted by Gasteiger charge is 2.58. The van der Waals surface area contributed by atoms with Gasteiger partial charge in [0.1, 0.15) is 5.01 Å². The molecule has 1 amide bonds. The van der Waals surface area contributed by atoms with Crippen LogP contribution in [0.25, 0.3) is 0 Å². The highest BCUT2D eigenvalue weighted by molar-refractivity contribution is 7.15. The fraction of sp³-hybridized carbons (Fsp3) is 0.692. The highest BCUT2D eigenvalue weighted by atomic mass is 32.1. The lowest BCUT2D eigenvalue weighted by Crippen LogP contribution is -2.43. The van der Waals surface area contributed by atoms with Gasteiger partial charge in [0, 0.05) is 5.92 Å². The molecule has 1 fully saturated rings. The first-order valence-electron chi connectivity index (χ1n) is 6.53. The Kier molecular flexibility index (Phi) is 3.58. The summed E-state index contributed by atoms with van der Waals surface area (Å²) >= 11 is 1.31. The minimum absolute atomic E-state index is 0.170. The fourth-order valence-electron chi connectivity index (χ4n) is 2.88. The summed E-state index contributed by atoms with van der Waals surface area (Å²) in [6.45, 7) is 7.24. The summed E-state index contributed by atoms with van der Waals surface area (Å²) in [6.07, 6.45) is 1.07. The van der Waals surface area contributed by atoms with Crippen LogP contribution in [-0.2, 0) is 9.59 Å². The second kappa shape index (κ2) is 4.80. The maximum atomic E-state index is 12.4. The molecule has 20 heavy (non-hydrogen) atoms. The first kappa shape index (κ1) is 14.9. The van der Waals surface area contributed by atoms with E-state index in [9.17, 15) is 14.7 Å². The Morgan fingerprint density at radius 1 is 1.35 bits per heavy atom. The van der Waals surface area contributed by atoms with E-state index >= 15 is 0 Å². The van der Waals surface area contributed by atoms with E-state index in [1.165, 1.54) is 11.3 Å². The minimum Gasteiger partial charge on any atom is -0.481 e. The van der Waals surface area contributed by atoms with Gasteiger partial charge in [-0.15, -0.1) is 10.2 Å². The molecule has 0 spiro atoms. The number of aliphatic carboxylic acids is 1. The van der Waals surface area contributed by atoms with Crippen molar-refractivity contribution in [1.82, 2.24) is 10.2 Å². The van der Waals surface area contributed by atoms with E-state index in [0.29, 0.717) is 18.0 Å². The number of nitrogens with one attached hydrogen (secondary N) is 1. The molecule has 1 aromatic heterocycles. The van der Waals surface area contributed by atoms with Crippen molar-refractivity contribution < 1.29 is 14.7 Å². The summed E-state index contributed by atoms with van der Waals surface area (Å²) in [6, 6.07) is 0. The molecule has 2 N–H and O–H groups in total. The van der Waals surface area contributed by atoms with E-state index < -0.39 is 16.8 Å². The third-order valence-electron chi connectivity index (χ3n) is 4.77. The molecule has 1 aliphatic rings. The first-order chi connectivity index (χ1) is 9.18. The molecule has 2 atom stereocenters. The van der Waals surface area contributed by atoms with E-state index in [2.05, 4.69) is 15.5 Å². The van der Waals surface area contributed by atoms with Gasteiger partial charge in [0.2, 0.25) is 11.0 Å². The Morgan fingerprint density at radius 3 is 2.45 bits per heavy atom. The quantitative estimate of drug-likeness (QED) is 0.893. The number of hydrogen-bond donors (Lipinski definition) is 2. The van der Waals surface area contributed by atoms with Crippen molar-refractivity contribution in [2.75, 3.05) is 5.32 Å². The van der Waals surface area contributed by atoms with Gasteiger partial charge in [-0.3, -0.25) is 9.59 Å². The topological polar surface area (TPSA) is 92.2 Å². The van der Waals surface area contributed by atoms with E-state index in [0.717, 1.165) is 5.01 Å². The lowest BCUT2D eigenvalue weighted by atomic mass is 9.65. The van der Waals surface area contributed by atoms with Gasteiger partial charge in [-0.05, 0) is 32.1 Å². The number of amides is 1. The molecule has 1 heterocycles. The first-order valence-corrected chi connectivity index (χ1v) is 7.34. The number of aromatic nitrogens is 2. The van der Waals surface area contributed by atoms with Crippen molar-refractivity contribution in [3.05, 3.63) is 5.01 Å². The molecule has 2 rings (SSSR count). The summed E-state index contributed by atoms with van der Waals surface area (Å²) in [7, 11) is 0. The molecule has 1 saturated carbocycles. The maximum absolute atomic E-state index is 12.4. The molecule has 0 bridgehead atoms. The zero-order chi connectivity index (χ0) is 15.1. The molecular weight excluding hydrogens is 278 g/mol. The third kappa shape index (κ3) is 2.19. The number of carboxylic acids is 1. The zero-order valence-corrected chi connectivity index (χ0v) is 12.9. The van der Waals surface area contributed by atoms with E-state index in [1.54, 1.807) is 6.92 Å². The minimum atomic E-state index is -0.883. The molecule has 110 valence electrons. The van der Waals surface area contributed by atoms with Gasteiger partial charge in [-0.25, -0.2) is 0 Å². The van der Waals surface area contributed by atoms with Crippen LogP contribution in [0, 0.1) is 23.7 Å². The average molecular weight is 297 g/mol. The van der Waals surface area contributed by atoms with Gasteiger partial charge in [0.25, 0.3) is 0 Å². The van der Waals surface area contributed by atoms with Gasteiger partial charge in [-0.1, -0.05) is 25.2 Å². The summed E-state index contributed by atoms with van der Waals surface area (Å²) in [4.78, 5) is 23.9.